The Morgan fingerprint density at radius 2 is 1.91 bits per heavy atom. The number of aryl methyl sites for hydroxylation is 1. The molecule has 0 aliphatic carbocycles. The fourth-order valence-electron chi connectivity index (χ4n) is 3.76. The van der Waals surface area contributed by atoms with Gasteiger partial charge in [-0.2, -0.15) is 0 Å². The molecule has 1 aliphatic heterocycles. The van der Waals surface area contributed by atoms with Crippen molar-refractivity contribution in [3.8, 4) is 0 Å². The van der Waals surface area contributed by atoms with E-state index in [1.54, 1.807) is 43.3 Å². The second kappa shape index (κ2) is 7.54. The molecule has 8 nitrogen and oxygen atoms in total. The Bertz CT molecular complexity index is 1460. The van der Waals surface area contributed by atoms with E-state index in [9.17, 15) is 14.4 Å². The Morgan fingerprint density at radius 1 is 1.16 bits per heavy atom. The number of carbonyl (C=O) groups is 2. The van der Waals surface area contributed by atoms with Crippen LogP contribution >= 0.6 is 22.9 Å². The number of benzene rings is 2. The van der Waals surface area contributed by atoms with Crippen molar-refractivity contribution in [2.75, 3.05) is 12.0 Å². The number of hydrogen-bond donors (Lipinski definition) is 0. The molecular weight excluding hydrogens is 454 g/mol. The number of hydrogen-bond acceptors (Lipinski definition) is 8. The highest BCUT2D eigenvalue weighted by Gasteiger charge is 2.45. The minimum atomic E-state index is -0.809. The number of halogens is 1. The zero-order valence-electron chi connectivity index (χ0n) is 16.8. The summed E-state index contributed by atoms with van der Waals surface area (Å²) in [5, 5.41) is 9.78. The molecule has 0 saturated carbocycles. The molecule has 0 spiro atoms. The lowest BCUT2D eigenvalue weighted by atomic mass is 9.98. The lowest BCUT2D eigenvalue weighted by Gasteiger charge is -2.22. The molecule has 160 valence electrons. The predicted octanol–water partition coefficient (Wildman–Crippen LogP) is 4.14. The molecule has 2 aromatic carbocycles. The quantitative estimate of drug-likeness (QED) is 0.417. The van der Waals surface area contributed by atoms with Gasteiger partial charge in [0.05, 0.1) is 29.7 Å². The van der Waals surface area contributed by atoms with E-state index in [0.717, 1.165) is 0 Å². The summed E-state index contributed by atoms with van der Waals surface area (Å²) in [5.74, 6) is -1.04. The summed E-state index contributed by atoms with van der Waals surface area (Å²) in [6, 6.07) is 10.3. The van der Waals surface area contributed by atoms with Gasteiger partial charge in [-0.05, 0) is 42.8 Å². The summed E-state index contributed by atoms with van der Waals surface area (Å²) in [4.78, 5) is 40.1. The van der Waals surface area contributed by atoms with Crippen LogP contribution in [-0.2, 0) is 4.74 Å². The minimum Gasteiger partial charge on any atom is -0.465 e. The standard InChI is InChI=1S/C22H14ClN3O5S/c1-10-24-25-22(32-10)26-17(11-3-5-12(6-4-11)21(29)30-2)16-18(27)14-9-13(23)7-8-15(14)31-19(16)20(26)28/h3-9,17H,1-2H3/t17-/m1/s1. The van der Waals surface area contributed by atoms with Gasteiger partial charge in [-0.3, -0.25) is 14.5 Å². The molecule has 1 amide bonds. The van der Waals surface area contributed by atoms with Gasteiger partial charge in [-0.25, -0.2) is 4.79 Å². The van der Waals surface area contributed by atoms with Gasteiger partial charge < -0.3 is 9.15 Å². The van der Waals surface area contributed by atoms with E-state index < -0.39 is 17.9 Å². The molecule has 0 radical (unpaired) electrons. The first-order valence-electron chi connectivity index (χ1n) is 9.47. The molecule has 0 unspecified atom stereocenters. The molecule has 1 aliphatic rings. The highest BCUT2D eigenvalue weighted by Crippen LogP contribution is 2.42. The molecule has 0 saturated heterocycles. The number of amides is 1. The van der Waals surface area contributed by atoms with Crippen molar-refractivity contribution in [1.29, 1.82) is 0 Å². The van der Waals surface area contributed by atoms with Crippen LogP contribution in [0, 0.1) is 6.92 Å². The summed E-state index contributed by atoms with van der Waals surface area (Å²) in [6.45, 7) is 1.77. The average Bonchev–Trinajstić information content (AvgIpc) is 3.35. The van der Waals surface area contributed by atoms with E-state index in [4.69, 9.17) is 20.8 Å². The molecule has 32 heavy (non-hydrogen) atoms. The largest absolute Gasteiger partial charge is 0.465 e. The van der Waals surface area contributed by atoms with Crippen LogP contribution in [0.5, 0.6) is 0 Å². The fourth-order valence-corrected chi connectivity index (χ4v) is 4.65. The van der Waals surface area contributed by atoms with E-state index in [1.165, 1.54) is 29.4 Å². The summed E-state index contributed by atoms with van der Waals surface area (Å²) in [5.41, 5.74) is 1.04. The van der Waals surface area contributed by atoms with Gasteiger partial charge in [0.15, 0.2) is 5.43 Å². The van der Waals surface area contributed by atoms with Crippen LogP contribution in [0.4, 0.5) is 5.13 Å². The molecule has 0 fully saturated rings. The third-order valence-corrected chi connectivity index (χ3v) is 6.27. The molecule has 3 heterocycles. The number of ether oxygens (including phenoxy) is 1. The number of methoxy groups -OCH3 is 1. The first-order valence-corrected chi connectivity index (χ1v) is 10.7. The predicted molar refractivity (Wildman–Crippen MR) is 119 cm³/mol. The smallest absolute Gasteiger partial charge is 0.337 e. The molecule has 5 rings (SSSR count). The van der Waals surface area contributed by atoms with Gasteiger partial charge in [0, 0.05) is 5.02 Å². The van der Waals surface area contributed by atoms with Crippen molar-refractivity contribution in [2.24, 2.45) is 0 Å². The van der Waals surface area contributed by atoms with Gasteiger partial charge >= 0.3 is 5.97 Å². The topological polar surface area (TPSA) is 103 Å². The number of rotatable bonds is 3. The molecule has 0 N–H and O–H groups in total. The molecule has 10 heteroatoms. The zero-order valence-corrected chi connectivity index (χ0v) is 18.4. The van der Waals surface area contributed by atoms with Gasteiger partial charge in [-0.1, -0.05) is 35.1 Å². The van der Waals surface area contributed by atoms with Crippen molar-refractivity contribution < 1.29 is 18.7 Å². The van der Waals surface area contributed by atoms with E-state index in [2.05, 4.69) is 10.2 Å². The number of anilines is 1. The van der Waals surface area contributed by atoms with Crippen molar-refractivity contribution in [1.82, 2.24) is 10.2 Å². The summed E-state index contributed by atoms with van der Waals surface area (Å²) < 4.78 is 10.6. The van der Waals surface area contributed by atoms with Crippen LogP contribution in [0.3, 0.4) is 0 Å². The molecule has 0 bridgehead atoms. The first kappa shape index (κ1) is 20.3. The Labute approximate surface area is 190 Å². The number of carbonyl (C=O) groups excluding carboxylic acids is 2. The lowest BCUT2D eigenvalue weighted by Crippen LogP contribution is -2.29. The Balaban J connectivity index is 1.76. The van der Waals surface area contributed by atoms with Crippen LogP contribution in [0.2, 0.25) is 5.02 Å². The van der Waals surface area contributed by atoms with Gasteiger partial charge in [0.2, 0.25) is 10.9 Å². The second-order valence-electron chi connectivity index (χ2n) is 7.11. The SMILES string of the molecule is COC(=O)c1ccc([C@@H]2c3c(oc4ccc(Cl)cc4c3=O)C(=O)N2c2nnc(C)s2)cc1. The van der Waals surface area contributed by atoms with E-state index >= 15 is 0 Å². The summed E-state index contributed by atoms with van der Waals surface area (Å²) >= 11 is 7.32. The highest BCUT2D eigenvalue weighted by atomic mass is 35.5. The monoisotopic (exact) mass is 467 g/mol. The first-order chi connectivity index (χ1) is 15.4. The van der Waals surface area contributed by atoms with Gasteiger partial charge in [-0.15, -0.1) is 10.2 Å². The van der Waals surface area contributed by atoms with E-state index in [0.29, 0.717) is 26.3 Å². The Hall–Kier alpha value is -3.56. The average molecular weight is 468 g/mol. The minimum absolute atomic E-state index is 0.0558. The maximum absolute atomic E-state index is 13.5. The normalized spacial score (nSPS) is 15.3. The Morgan fingerprint density at radius 3 is 2.56 bits per heavy atom. The van der Waals surface area contributed by atoms with Crippen LogP contribution in [0.25, 0.3) is 11.0 Å². The summed E-state index contributed by atoms with van der Waals surface area (Å²) in [6.07, 6.45) is 0. The van der Waals surface area contributed by atoms with Crippen LogP contribution in [0.15, 0.2) is 51.7 Å². The maximum Gasteiger partial charge on any atom is 0.337 e. The molecule has 1 atom stereocenters. The maximum atomic E-state index is 13.5. The third kappa shape index (κ3) is 3.09. The van der Waals surface area contributed by atoms with Crippen molar-refractivity contribution in [3.63, 3.8) is 0 Å². The Kier molecular flexibility index (Phi) is 4.79. The second-order valence-corrected chi connectivity index (χ2v) is 8.71. The van der Waals surface area contributed by atoms with Crippen LogP contribution in [0.1, 0.15) is 43.1 Å². The van der Waals surface area contributed by atoms with Crippen LogP contribution < -0.4 is 10.3 Å². The molecular formula is C22H14ClN3O5S. The number of aromatic nitrogens is 2. The van der Waals surface area contributed by atoms with Crippen LogP contribution in [-0.4, -0.2) is 29.2 Å². The summed E-state index contributed by atoms with van der Waals surface area (Å²) in [7, 11) is 1.29. The van der Waals surface area contributed by atoms with E-state index in [1.807, 2.05) is 0 Å². The molecule has 2 aromatic heterocycles. The van der Waals surface area contributed by atoms with Gasteiger partial charge in [0.1, 0.15) is 10.6 Å². The number of esters is 1. The zero-order chi connectivity index (χ0) is 22.6. The van der Waals surface area contributed by atoms with Crippen molar-refractivity contribution >= 4 is 50.9 Å². The third-order valence-electron chi connectivity index (χ3n) is 5.20. The van der Waals surface area contributed by atoms with Crippen molar-refractivity contribution in [3.05, 3.63) is 85.2 Å². The fraction of sp³-hybridized carbons (Fsp3) is 0.136. The van der Waals surface area contributed by atoms with E-state index in [-0.39, 0.29) is 27.7 Å². The number of fused-ring (bicyclic) bond motifs is 2. The van der Waals surface area contributed by atoms with Gasteiger partial charge in [0.25, 0.3) is 5.91 Å². The highest BCUT2D eigenvalue weighted by molar-refractivity contribution is 7.15. The van der Waals surface area contributed by atoms with Crippen molar-refractivity contribution in [2.45, 2.75) is 13.0 Å². The molecule has 4 aromatic rings. The lowest BCUT2D eigenvalue weighted by molar-refractivity contribution is 0.0600. The number of nitrogens with zero attached hydrogens (tertiary/aromatic N) is 3.